The van der Waals surface area contributed by atoms with Crippen molar-refractivity contribution >= 4 is 17.4 Å². The number of aliphatic hydroxyl groups is 1. The van der Waals surface area contributed by atoms with E-state index in [1.54, 1.807) is 17.0 Å². The van der Waals surface area contributed by atoms with Gasteiger partial charge in [-0.15, -0.1) is 0 Å². The molecule has 1 heterocycles. The van der Waals surface area contributed by atoms with Gasteiger partial charge in [0.15, 0.2) is 11.4 Å². The Kier molecular flexibility index (Phi) is 5.04. The van der Waals surface area contributed by atoms with Gasteiger partial charge in [0.25, 0.3) is 5.91 Å². The molecule has 0 radical (unpaired) electrons. The summed E-state index contributed by atoms with van der Waals surface area (Å²) >= 11 is 0. The first-order valence-electron chi connectivity index (χ1n) is 10.1. The highest BCUT2D eigenvalue weighted by atomic mass is 16.3. The van der Waals surface area contributed by atoms with Gasteiger partial charge in [-0.25, -0.2) is 0 Å². The number of Topliss-reactive ketones (excluding diaryl/α,β-unsaturated/α-hetero) is 1. The number of hydrogen-bond acceptors (Lipinski definition) is 3. The Hall–Kier alpha value is -3.24. The number of benzene rings is 3. The van der Waals surface area contributed by atoms with Crippen LogP contribution in [-0.2, 0) is 16.9 Å². The molecule has 4 nitrogen and oxygen atoms in total. The van der Waals surface area contributed by atoms with Crippen LogP contribution in [0.15, 0.2) is 66.7 Å². The van der Waals surface area contributed by atoms with E-state index in [1.165, 1.54) is 0 Å². The molecule has 0 saturated heterocycles. The summed E-state index contributed by atoms with van der Waals surface area (Å²) in [6.45, 7) is 6.14. The molecule has 3 aromatic carbocycles. The largest absolute Gasteiger partial charge is 0.375 e. The maximum atomic E-state index is 13.4. The van der Waals surface area contributed by atoms with Crippen molar-refractivity contribution in [2.45, 2.75) is 39.3 Å². The second-order valence-corrected chi connectivity index (χ2v) is 8.11. The first-order chi connectivity index (χ1) is 14.3. The van der Waals surface area contributed by atoms with Gasteiger partial charge in [0.05, 0.1) is 18.7 Å². The topological polar surface area (TPSA) is 57.6 Å². The van der Waals surface area contributed by atoms with Crippen LogP contribution in [0.25, 0.3) is 0 Å². The molecular weight excluding hydrogens is 374 g/mol. The van der Waals surface area contributed by atoms with Crippen molar-refractivity contribution in [3.63, 3.8) is 0 Å². The van der Waals surface area contributed by atoms with Gasteiger partial charge in [-0.05, 0) is 49.6 Å². The lowest BCUT2D eigenvalue weighted by molar-refractivity contribution is -0.136. The molecule has 4 rings (SSSR count). The highest BCUT2D eigenvalue weighted by Crippen LogP contribution is 2.43. The lowest BCUT2D eigenvalue weighted by Gasteiger charge is -2.23. The van der Waals surface area contributed by atoms with Crippen molar-refractivity contribution in [3.05, 3.63) is 100 Å². The number of fused-ring (bicyclic) bond motifs is 1. The van der Waals surface area contributed by atoms with Gasteiger partial charge < -0.3 is 10.0 Å². The van der Waals surface area contributed by atoms with E-state index >= 15 is 0 Å². The number of nitrogens with zero attached hydrogens (tertiary/aromatic N) is 1. The average Bonchev–Trinajstić information content (AvgIpc) is 2.93. The van der Waals surface area contributed by atoms with Gasteiger partial charge in [0.1, 0.15) is 0 Å². The quantitative estimate of drug-likeness (QED) is 0.637. The number of hydrogen-bond donors (Lipinski definition) is 1. The minimum absolute atomic E-state index is 0.236. The van der Waals surface area contributed by atoms with Crippen molar-refractivity contribution in [1.82, 2.24) is 0 Å². The predicted molar refractivity (Wildman–Crippen MR) is 118 cm³/mol. The molecule has 1 amide bonds. The van der Waals surface area contributed by atoms with Gasteiger partial charge in [0.2, 0.25) is 0 Å². The fraction of sp³-hybridized carbons (Fsp3) is 0.231. The van der Waals surface area contributed by atoms with E-state index in [2.05, 4.69) is 0 Å². The lowest BCUT2D eigenvalue weighted by Crippen LogP contribution is -2.41. The molecule has 3 aromatic rings. The summed E-state index contributed by atoms with van der Waals surface area (Å²) in [7, 11) is 0. The van der Waals surface area contributed by atoms with Crippen LogP contribution in [0.1, 0.15) is 44.6 Å². The number of carbonyl (C=O) groups is 2. The van der Waals surface area contributed by atoms with Gasteiger partial charge in [-0.1, -0.05) is 60.2 Å². The van der Waals surface area contributed by atoms with Gasteiger partial charge in [0, 0.05) is 11.1 Å². The first-order valence-corrected chi connectivity index (χ1v) is 10.1. The summed E-state index contributed by atoms with van der Waals surface area (Å²) < 4.78 is 0. The third-order valence-electron chi connectivity index (χ3n) is 5.94. The standard InChI is InChI=1S/C26H25NO3/c1-17-12-13-19(3)21(14-17)24(28)15-26(30)22-10-6-7-11-23(22)27(25(26)29)16-20-9-5-4-8-18(20)2/h4-14,30H,15-16H2,1-3H3/t26-/m1/s1. The molecule has 0 bridgehead atoms. The number of carbonyl (C=O) groups excluding carboxylic acids is 2. The fourth-order valence-corrected chi connectivity index (χ4v) is 4.16. The SMILES string of the molecule is Cc1ccc(C)c(C(=O)C[C@]2(O)C(=O)N(Cc3ccccc3C)c3ccccc32)c1. The van der Waals surface area contributed by atoms with E-state index in [4.69, 9.17) is 0 Å². The second kappa shape index (κ2) is 7.54. The smallest absolute Gasteiger partial charge is 0.264 e. The number of aryl methyl sites for hydroxylation is 3. The fourth-order valence-electron chi connectivity index (χ4n) is 4.16. The highest BCUT2D eigenvalue weighted by molar-refractivity contribution is 6.11. The van der Waals surface area contributed by atoms with Crippen LogP contribution in [0.3, 0.4) is 0 Å². The Morgan fingerprint density at radius 1 is 0.933 bits per heavy atom. The van der Waals surface area contributed by atoms with Crippen LogP contribution in [0.5, 0.6) is 0 Å². The molecule has 1 aliphatic rings. The predicted octanol–water partition coefficient (Wildman–Crippen LogP) is 4.62. The first kappa shape index (κ1) is 20.0. The molecule has 0 aromatic heterocycles. The summed E-state index contributed by atoms with van der Waals surface area (Å²) in [5, 5.41) is 11.5. The second-order valence-electron chi connectivity index (χ2n) is 8.11. The molecule has 0 fully saturated rings. The van der Waals surface area contributed by atoms with Crippen molar-refractivity contribution < 1.29 is 14.7 Å². The summed E-state index contributed by atoms with van der Waals surface area (Å²) in [6, 6.07) is 20.7. The molecule has 1 aliphatic heterocycles. The van der Waals surface area contributed by atoms with E-state index < -0.39 is 11.5 Å². The zero-order chi connectivity index (χ0) is 21.5. The molecule has 0 aliphatic carbocycles. The molecule has 30 heavy (non-hydrogen) atoms. The third-order valence-corrected chi connectivity index (χ3v) is 5.94. The van der Waals surface area contributed by atoms with Crippen LogP contribution in [0.2, 0.25) is 0 Å². The van der Waals surface area contributed by atoms with Gasteiger partial charge in [-0.2, -0.15) is 0 Å². The minimum atomic E-state index is -1.87. The average molecular weight is 399 g/mol. The van der Waals surface area contributed by atoms with Crippen molar-refractivity contribution in [2.75, 3.05) is 4.90 Å². The van der Waals surface area contributed by atoms with E-state index in [-0.39, 0.29) is 12.2 Å². The lowest BCUT2D eigenvalue weighted by atomic mass is 9.87. The third kappa shape index (κ3) is 3.33. The number of para-hydroxylation sites is 1. The maximum Gasteiger partial charge on any atom is 0.264 e. The Morgan fingerprint density at radius 3 is 2.40 bits per heavy atom. The van der Waals surface area contributed by atoms with E-state index in [0.717, 1.165) is 22.3 Å². The molecule has 0 saturated carbocycles. The van der Waals surface area contributed by atoms with E-state index in [1.807, 2.05) is 75.4 Å². The Morgan fingerprint density at radius 2 is 1.63 bits per heavy atom. The van der Waals surface area contributed by atoms with Crippen LogP contribution >= 0.6 is 0 Å². The Labute approximate surface area is 176 Å². The van der Waals surface area contributed by atoms with Crippen molar-refractivity contribution in [1.29, 1.82) is 0 Å². The normalized spacial score (nSPS) is 17.9. The summed E-state index contributed by atoms with van der Waals surface area (Å²) in [6.07, 6.45) is -0.280. The van der Waals surface area contributed by atoms with E-state index in [0.29, 0.717) is 23.4 Å². The molecule has 152 valence electrons. The minimum Gasteiger partial charge on any atom is -0.375 e. The Bertz CT molecular complexity index is 1150. The van der Waals surface area contributed by atoms with Crippen LogP contribution in [-0.4, -0.2) is 16.8 Å². The molecule has 4 heteroatoms. The number of amides is 1. The van der Waals surface area contributed by atoms with Crippen LogP contribution in [0, 0.1) is 20.8 Å². The summed E-state index contributed by atoms with van der Waals surface area (Å²) in [4.78, 5) is 28.2. The number of ketones is 1. The highest BCUT2D eigenvalue weighted by Gasteiger charge is 2.50. The summed E-state index contributed by atoms with van der Waals surface area (Å²) in [5.74, 6) is -0.690. The number of rotatable bonds is 5. The summed E-state index contributed by atoms with van der Waals surface area (Å²) in [5.41, 5.74) is 3.71. The molecule has 1 N–H and O–H groups in total. The molecule has 0 spiro atoms. The van der Waals surface area contributed by atoms with Crippen molar-refractivity contribution in [2.24, 2.45) is 0 Å². The maximum absolute atomic E-state index is 13.4. The van der Waals surface area contributed by atoms with Crippen LogP contribution in [0.4, 0.5) is 5.69 Å². The van der Waals surface area contributed by atoms with E-state index in [9.17, 15) is 14.7 Å². The molecular formula is C26H25NO3. The zero-order valence-electron chi connectivity index (χ0n) is 17.5. The zero-order valence-corrected chi connectivity index (χ0v) is 17.5. The van der Waals surface area contributed by atoms with Gasteiger partial charge >= 0.3 is 0 Å². The molecule has 1 atom stereocenters. The van der Waals surface area contributed by atoms with Gasteiger partial charge in [-0.3, -0.25) is 9.59 Å². The monoisotopic (exact) mass is 399 g/mol. The molecule has 0 unspecified atom stereocenters. The number of anilines is 1. The van der Waals surface area contributed by atoms with Crippen molar-refractivity contribution in [3.8, 4) is 0 Å². The Balaban J connectivity index is 1.71. The van der Waals surface area contributed by atoms with Crippen LogP contribution < -0.4 is 4.90 Å².